The van der Waals surface area contributed by atoms with E-state index in [2.05, 4.69) is 31.4 Å². The number of hydrogen-bond acceptors (Lipinski definition) is 5. The van der Waals surface area contributed by atoms with E-state index in [1.54, 1.807) is 0 Å². The lowest BCUT2D eigenvalue weighted by Gasteiger charge is -2.05. The van der Waals surface area contributed by atoms with Crippen LogP contribution in [0.4, 0.5) is 5.13 Å². The Morgan fingerprint density at radius 2 is 2.06 bits per heavy atom. The number of halogens is 1. The number of ether oxygens (including phenoxy) is 1. The summed E-state index contributed by atoms with van der Waals surface area (Å²) < 4.78 is 6.29. The molecule has 1 N–H and O–H groups in total. The minimum absolute atomic E-state index is 0.598. The summed E-state index contributed by atoms with van der Waals surface area (Å²) in [6.45, 7) is 1.30. The third-order valence-corrected chi connectivity index (χ3v) is 3.10. The van der Waals surface area contributed by atoms with Gasteiger partial charge in [0.05, 0.1) is 6.54 Å². The fourth-order valence-corrected chi connectivity index (χ4v) is 2.16. The van der Waals surface area contributed by atoms with E-state index in [4.69, 9.17) is 4.74 Å². The first kappa shape index (κ1) is 11.3. The van der Waals surface area contributed by atoms with Gasteiger partial charge in [-0.25, -0.2) is 0 Å². The topological polar surface area (TPSA) is 47.0 Å². The molecular formula is C10H10BrN3OS. The fourth-order valence-electron chi connectivity index (χ4n) is 1.12. The standard InChI is InChI=1S/C10H10BrN3OS/c11-9-13-14-10(16-9)12-6-7-15-8-4-2-1-3-5-8/h1-5H,6-7H2,(H,12,14). The van der Waals surface area contributed by atoms with Crippen LogP contribution in [-0.4, -0.2) is 23.3 Å². The molecule has 0 amide bonds. The van der Waals surface area contributed by atoms with Gasteiger partial charge in [0.1, 0.15) is 12.4 Å². The van der Waals surface area contributed by atoms with Crippen molar-refractivity contribution in [2.24, 2.45) is 0 Å². The summed E-state index contributed by atoms with van der Waals surface area (Å²) in [5.41, 5.74) is 0. The van der Waals surface area contributed by atoms with E-state index in [1.165, 1.54) is 11.3 Å². The Labute approximate surface area is 106 Å². The van der Waals surface area contributed by atoms with Crippen molar-refractivity contribution in [1.29, 1.82) is 0 Å². The number of benzene rings is 1. The molecule has 0 fully saturated rings. The third kappa shape index (κ3) is 3.46. The van der Waals surface area contributed by atoms with Crippen molar-refractivity contribution < 1.29 is 4.74 Å². The van der Waals surface area contributed by atoms with Crippen molar-refractivity contribution in [3.63, 3.8) is 0 Å². The van der Waals surface area contributed by atoms with Gasteiger partial charge in [-0.3, -0.25) is 0 Å². The van der Waals surface area contributed by atoms with Gasteiger partial charge in [0.25, 0.3) is 0 Å². The SMILES string of the molecule is Brc1nnc(NCCOc2ccccc2)s1. The van der Waals surface area contributed by atoms with Crippen LogP contribution in [0.5, 0.6) is 5.75 Å². The van der Waals surface area contributed by atoms with Crippen LogP contribution in [0.3, 0.4) is 0 Å². The molecule has 0 unspecified atom stereocenters. The number of anilines is 1. The third-order valence-electron chi connectivity index (χ3n) is 1.79. The molecule has 0 spiro atoms. The molecule has 84 valence electrons. The van der Waals surface area contributed by atoms with Crippen molar-refractivity contribution in [3.8, 4) is 5.75 Å². The highest BCUT2D eigenvalue weighted by Crippen LogP contribution is 2.19. The highest BCUT2D eigenvalue weighted by molar-refractivity contribution is 9.11. The van der Waals surface area contributed by atoms with Crippen LogP contribution in [0.1, 0.15) is 0 Å². The van der Waals surface area contributed by atoms with E-state index in [0.29, 0.717) is 13.2 Å². The minimum atomic E-state index is 0.598. The predicted octanol–water partition coefficient (Wildman–Crippen LogP) is 2.79. The largest absolute Gasteiger partial charge is 0.492 e. The van der Waals surface area contributed by atoms with Crippen LogP contribution < -0.4 is 10.1 Å². The van der Waals surface area contributed by atoms with E-state index < -0.39 is 0 Å². The maximum atomic E-state index is 5.52. The van der Waals surface area contributed by atoms with E-state index >= 15 is 0 Å². The Bertz CT molecular complexity index is 435. The summed E-state index contributed by atoms with van der Waals surface area (Å²) >= 11 is 4.71. The first-order valence-corrected chi connectivity index (χ1v) is 6.36. The molecule has 1 heterocycles. The quantitative estimate of drug-likeness (QED) is 0.863. The van der Waals surface area contributed by atoms with Crippen molar-refractivity contribution in [3.05, 3.63) is 34.2 Å². The lowest BCUT2D eigenvalue weighted by Crippen LogP contribution is -2.11. The maximum Gasteiger partial charge on any atom is 0.206 e. The highest BCUT2D eigenvalue weighted by Gasteiger charge is 1.99. The van der Waals surface area contributed by atoms with E-state index in [-0.39, 0.29) is 0 Å². The van der Waals surface area contributed by atoms with Gasteiger partial charge in [0.2, 0.25) is 5.13 Å². The second-order valence-electron chi connectivity index (χ2n) is 2.95. The second kappa shape index (κ2) is 5.81. The monoisotopic (exact) mass is 299 g/mol. The molecule has 0 saturated heterocycles. The van der Waals surface area contributed by atoms with Gasteiger partial charge >= 0.3 is 0 Å². The normalized spacial score (nSPS) is 10.1. The van der Waals surface area contributed by atoms with E-state index in [9.17, 15) is 0 Å². The van der Waals surface area contributed by atoms with Crippen LogP contribution in [0.25, 0.3) is 0 Å². The summed E-state index contributed by atoms with van der Waals surface area (Å²) in [6, 6.07) is 9.72. The molecule has 16 heavy (non-hydrogen) atoms. The van der Waals surface area contributed by atoms with Gasteiger partial charge < -0.3 is 10.1 Å². The van der Waals surface area contributed by atoms with Gasteiger partial charge in [0, 0.05) is 0 Å². The molecule has 0 saturated carbocycles. The summed E-state index contributed by atoms with van der Waals surface area (Å²) in [4.78, 5) is 0. The van der Waals surface area contributed by atoms with Crippen molar-refractivity contribution in [2.75, 3.05) is 18.5 Å². The van der Waals surface area contributed by atoms with Gasteiger partial charge in [-0.05, 0) is 28.1 Å². The second-order valence-corrected chi connectivity index (χ2v) is 5.20. The van der Waals surface area contributed by atoms with E-state index in [0.717, 1.165) is 14.8 Å². The number of para-hydroxylation sites is 1. The van der Waals surface area contributed by atoms with Crippen molar-refractivity contribution in [1.82, 2.24) is 10.2 Å². The molecule has 0 aliphatic rings. The number of hydrogen-bond donors (Lipinski definition) is 1. The number of rotatable bonds is 5. The van der Waals surface area contributed by atoms with Gasteiger partial charge in [-0.2, -0.15) is 0 Å². The van der Waals surface area contributed by atoms with Gasteiger partial charge in [0.15, 0.2) is 3.92 Å². The fraction of sp³-hybridized carbons (Fsp3) is 0.200. The van der Waals surface area contributed by atoms with Crippen molar-refractivity contribution in [2.45, 2.75) is 0 Å². The number of nitrogens with one attached hydrogen (secondary N) is 1. The lowest BCUT2D eigenvalue weighted by molar-refractivity contribution is 0.333. The average Bonchev–Trinajstić information content (AvgIpc) is 2.72. The smallest absolute Gasteiger partial charge is 0.206 e. The molecule has 0 aliphatic carbocycles. The van der Waals surface area contributed by atoms with Crippen LogP contribution >= 0.6 is 27.3 Å². The van der Waals surface area contributed by atoms with Crippen LogP contribution in [0.2, 0.25) is 0 Å². The lowest BCUT2D eigenvalue weighted by atomic mass is 10.3. The Hall–Kier alpha value is -1.14. The van der Waals surface area contributed by atoms with Crippen LogP contribution in [-0.2, 0) is 0 Å². The van der Waals surface area contributed by atoms with Crippen LogP contribution in [0.15, 0.2) is 34.2 Å². The Morgan fingerprint density at radius 3 is 2.75 bits per heavy atom. The molecule has 6 heteroatoms. The Morgan fingerprint density at radius 1 is 1.25 bits per heavy atom. The summed E-state index contributed by atoms with van der Waals surface area (Å²) in [6.07, 6.45) is 0. The van der Waals surface area contributed by atoms with Gasteiger partial charge in [-0.15, -0.1) is 10.2 Å². The minimum Gasteiger partial charge on any atom is -0.492 e. The number of aromatic nitrogens is 2. The summed E-state index contributed by atoms with van der Waals surface area (Å²) in [7, 11) is 0. The van der Waals surface area contributed by atoms with E-state index in [1.807, 2.05) is 30.3 Å². The molecular weight excluding hydrogens is 290 g/mol. The van der Waals surface area contributed by atoms with Crippen molar-refractivity contribution >= 4 is 32.4 Å². The first-order valence-electron chi connectivity index (χ1n) is 4.75. The first-order chi connectivity index (χ1) is 7.84. The molecule has 0 atom stereocenters. The highest BCUT2D eigenvalue weighted by atomic mass is 79.9. The molecule has 0 radical (unpaired) electrons. The molecule has 0 aliphatic heterocycles. The Balaban J connectivity index is 1.69. The average molecular weight is 300 g/mol. The summed E-state index contributed by atoms with van der Waals surface area (Å²) in [5, 5.41) is 11.7. The zero-order valence-electron chi connectivity index (χ0n) is 8.39. The predicted molar refractivity (Wildman–Crippen MR) is 68.0 cm³/mol. The zero-order chi connectivity index (χ0) is 11.2. The maximum absolute atomic E-state index is 5.52. The molecule has 0 bridgehead atoms. The molecule has 2 aromatic rings. The molecule has 2 rings (SSSR count). The summed E-state index contributed by atoms with van der Waals surface area (Å²) in [5.74, 6) is 0.878. The number of nitrogens with zero attached hydrogens (tertiary/aromatic N) is 2. The Kier molecular flexibility index (Phi) is 4.12. The van der Waals surface area contributed by atoms with Gasteiger partial charge in [-0.1, -0.05) is 29.5 Å². The molecule has 1 aromatic heterocycles. The zero-order valence-corrected chi connectivity index (χ0v) is 10.8. The molecule has 4 nitrogen and oxygen atoms in total. The molecule has 1 aromatic carbocycles. The van der Waals surface area contributed by atoms with Crippen LogP contribution in [0, 0.1) is 0 Å².